The molecule has 3 nitrogen and oxygen atoms in total. The Labute approximate surface area is 117 Å². The summed E-state index contributed by atoms with van der Waals surface area (Å²) >= 11 is 0. The standard InChI is InChI=1S/C16H17FN2O/c1-10-4-6-13(15(8-10)18-3)16(20)19-12-5-7-14(17)11(2)9-12/h4-9,18H,1-3H3,(H,19,20). The number of carbonyl (C=O) groups excluding carboxylic acids is 1. The zero-order valence-electron chi connectivity index (χ0n) is 11.8. The highest BCUT2D eigenvalue weighted by Gasteiger charge is 2.11. The van der Waals surface area contributed by atoms with Crippen LogP contribution in [0, 0.1) is 19.7 Å². The lowest BCUT2D eigenvalue weighted by Gasteiger charge is -2.11. The van der Waals surface area contributed by atoms with Crippen molar-refractivity contribution in [2.45, 2.75) is 13.8 Å². The molecule has 0 aromatic heterocycles. The van der Waals surface area contributed by atoms with Gasteiger partial charge in [0.15, 0.2) is 0 Å². The van der Waals surface area contributed by atoms with Crippen molar-refractivity contribution in [2.75, 3.05) is 17.7 Å². The number of halogens is 1. The number of anilines is 2. The Kier molecular flexibility index (Phi) is 4.03. The van der Waals surface area contributed by atoms with Crippen molar-refractivity contribution >= 4 is 17.3 Å². The molecule has 0 bridgehead atoms. The van der Waals surface area contributed by atoms with E-state index in [2.05, 4.69) is 10.6 Å². The first-order valence-corrected chi connectivity index (χ1v) is 6.37. The zero-order chi connectivity index (χ0) is 14.7. The summed E-state index contributed by atoms with van der Waals surface area (Å²) in [6, 6.07) is 10.1. The molecule has 1 amide bonds. The van der Waals surface area contributed by atoms with Crippen LogP contribution >= 0.6 is 0 Å². The van der Waals surface area contributed by atoms with Gasteiger partial charge in [-0.05, 0) is 55.3 Å². The summed E-state index contributed by atoms with van der Waals surface area (Å²) in [5, 5.41) is 5.78. The molecular weight excluding hydrogens is 255 g/mol. The van der Waals surface area contributed by atoms with Gasteiger partial charge in [-0.15, -0.1) is 0 Å². The van der Waals surface area contributed by atoms with Crippen LogP contribution in [0.2, 0.25) is 0 Å². The summed E-state index contributed by atoms with van der Waals surface area (Å²) in [5.74, 6) is -0.505. The molecular formula is C16H17FN2O. The lowest BCUT2D eigenvalue weighted by Crippen LogP contribution is -2.14. The minimum absolute atomic E-state index is 0.222. The van der Waals surface area contributed by atoms with Gasteiger partial charge in [0.2, 0.25) is 0 Å². The third-order valence-electron chi connectivity index (χ3n) is 3.10. The van der Waals surface area contributed by atoms with Gasteiger partial charge in [-0.1, -0.05) is 6.07 Å². The Morgan fingerprint density at radius 1 is 1.10 bits per heavy atom. The summed E-state index contributed by atoms with van der Waals surface area (Å²) in [6.07, 6.45) is 0. The summed E-state index contributed by atoms with van der Waals surface area (Å²) in [5.41, 5.74) is 3.47. The van der Waals surface area contributed by atoms with Crippen molar-refractivity contribution in [1.82, 2.24) is 0 Å². The Morgan fingerprint density at radius 3 is 2.50 bits per heavy atom. The van der Waals surface area contributed by atoms with E-state index in [0.29, 0.717) is 16.8 Å². The number of hydrogen-bond acceptors (Lipinski definition) is 2. The maximum Gasteiger partial charge on any atom is 0.257 e. The molecule has 0 aliphatic rings. The van der Waals surface area contributed by atoms with E-state index in [4.69, 9.17) is 0 Å². The Balaban J connectivity index is 2.25. The van der Waals surface area contributed by atoms with E-state index in [1.54, 1.807) is 32.2 Å². The van der Waals surface area contributed by atoms with E-state index in [1.807, 2.05) is 19.1 Å². The lowest BCUT2D eigenvalue weighted by molar-refractivity contribution is 0.102. The predicted octanol–water partition coefficient (Wildman–Crippen LogP) is 3.74. The average molecular weight is 272 g/mol. The molecule has 0 saturated heterocycles. The molecule has 2 N–H and O–H groups in total. The normalized spacial score (nSPS) is 10.2. The number of carbonyl (C=O) groups is 1. The maximum absolute atomic E-state index is 13.2. The second kappa shape index (κ2) is 5.74. The molecule has 0 fully saturated rings. The van der Waals surface area contributed by atoms with Crippen LogP contribution in [0.15, 0.2) is 36.4 Å². The fraction of sp³-hybridized carbons (Fsp3) is 0.188. The van der Waals surface area contributed by atoms with Crippen LogP contribution in [0.4, 0.5) is 15.8 Å². The van der Waals surface area contributed by atoms with E-state index in [9.17, 15) is 9.18 Å². The highest BCUT2D eigenvalue weighted by molar-refractivity contribution is 6.08. The molecule has 0 atom stereocenters. The zero-order valence-corrected chi connectivity index (χ0v) is 11.8. The van der Waals surface area contributed by atoms with Gasteiger partial charge < -0.3 is 10.6 Å². The number of hydrogen-bond donors (Lipinski definition) is 2. The van der Waals surface area contributed by atoms with Crippen LogP contribution in [-0.4, -0.2) is 13.0 Å². The summed E-state index contributed by atoms with van der Waals surface area (Å²) in [7, 11) is 1.77. The van der Waals surface area contributed by atoms with Gasteiger partial charge in [0.05, 0.1) is 5.56 Å². The van der Waals surface area contributed by atoms with Crippen LogP contribution < -0.4 is 10.6 Å². The Morgan fingerprint density at radius 2 is 1.85 bits per heavy atom. The molecule has 2 aromatic rings. The maximum atomic E-state index is 13.2. The van der Waals surface area contributed by atoms with Crippen molar-refractivity contribution in [3.63, 3.8) is 0 Å². The van der Waals surface area contributed by atoms with E-state index < -0.39 is 0 Å². The molecule has 2 aromatic carbocycles. The third kappa shape index (κ3) is 2.96. The van der Waals surface area contributed by atoms with Crippen LogP contribution in [0.1, 0.15) is 21.5 Å². The van der Waals surface area contributed by atoms with Gasteiger partial charge in [0.1, 0.15) is 5.82 Å². The molecule has 20 heavy (non-hydrogen) atoms. The molecule has 0 saturated carbocycles. The largest absolute Gasteiger partial charge is 0.387 e. The first-order valence-electron chi connectivity index (χ1n) is 6.37. The number of amides is 1. The van der Waals surface area contributed by atoms with Crippen molar-refractivity contribution in [2.24, 2.45) is 0 Å². The smallest absolute Gasteiger partial charge is 0.257 e. The van der Waals surface area contributed by atoms with Gasteiger partial charge in [0.25, 0.3) is 5.91 Å². The quantitative estimate of drug-likeness (QED) is 0.893. The molecule has 4 heteroatoms. The fourth-order valence-electron chi connectivity index (χ4n) is 1.98. The number of benzene rings is 2. The highest BCUT2D eigenvalue weighted by atomic mass is 19.1. The Bertz CT molecular complexity index is 653. The molecule has 0 radical (unpaired) electrons. The molecule has 0 aliphatic carbocycles. The molecule has 0 aliphatic heterocycles. The molecule has 104 valence electrons. The van der Waals surface area contributed by atoms with Crippen molar-refractivity contribution in [1.29, 1.82) is 0 Å². The first-order chi connectivity index (χ1) is 9.51. The van der Waals surface area contributed by atoms with Gasteiger partial charge in [-0.2, -0.15) is 0 Å². The van der Waals surface area contributed by atoms with Crippen LogP contribution in [0.5, 0.6) is 0 Å². The van der Waals surface area contributed by atoms with E-state index in [-0.39, 0.29) is 11.7 Å². The second-order valence-corrected chi connectivity index (χ2v) is 4.72. The van der Waals surface area contributed by atoms with Crippen LogP contribution in [0.25, 0.3) is 0 Å². The summed E-state index contributed by atoms with van der Waals surface area (Å²) in [6.45, 7) is 3.63. The van der Waals surface area contributed by atoms with Crippen molar-refractivity contribution in [3.8, 4) is 0 Å². The number of nitrogens with one attached hydrogen (secondary N) is 2. The summed E-state index contributed by atoms with van der Waals surface area (Å²) in [4.78, 5) is 12.3. The monoisotopic (exact) mass is 272 g/mol. The molecule has 0 heterocycles. The lowest BCUT2D eigenvalue weighted by atomic mass is 10.1. The molecule has 0 spiro atoms. The van der Waals surface area contributed by atoms with Crippen LogP contribution in [0.3, 0.4) is 0 Å². The fourth-order valence-corrected chi connectivity index (χ4v) is 1.98. The first kappa shape index (κ1) is 14.1. The molecule has 0 unspecified atom stereocenters. The van der Waals surface area contributed by atoms with Crippen molar-refractivity contribution in [3.05, 3.63) is 58.9 Å². The number of aryl methyl sites for hydroxylation is 2. The minimum atomic E-state index is -0.283. The van der Waals surface area contributed by atoms with Gasteiger partial charge in [-0.25, -0.2) is 4.39 Å². The van der Waals surface area contributed by atoms with Crippen molar-refractivity contribution < 1.29 is 9.18 Å². The highest BCUT2D eigenvalue weighted by Crippen LogP contribution is 2.20. The third-order valence-corrected chi connectivity index (χ3v) is 3.10. The summed E-state index contributed by atoms with van der Waals surface area (Å²) < 4.78 is 13.2. The van der Waals surface area contributed by atoms with Crippen LogP contribution in [-0.2, 0) is 0 Å². The van der Waals surface area contributed by atoms with E-state index in [1.165, 1.54) is 6.07 Å². The topological polar surface area (TPSA) is 41.1 Å². The minimum Gasteiger partial charge on any atom is -0.387 e. The number of rotatable bonds is 3. The van der Waals surface area contributed by atoms with Gasteiger partial charge >= 0.3 is 0 Å². The van der Waals surface area contributed by atoms with Gasteiger partial charge in [0, 0.05) is 18.4 Å². The second-order valence-electron chi connectivity index (χ2n) is 4.72. The SMILES string of the molecule is CNc1cc(C)ccc1C(=O)Nc1ccc(F)c(C)c1. The molecule has 2 rings (SSSR count). The van der Waals surface area contributed by atoms with E-state index in [0.717, 1.165) is 11.3 Å². The Hall–Kier alpha value is -2.36. The predicted molar refractivity (Wildman–Crippen MR) is 79.8 cm³/mol. The van der Waals surface area contributed by atoms with E-state index >= 15 is 0 Å². The van der Waals surface area contributed by atoms with Gasteiger partial charge in [-0.3, -0.25) is 4.79 Å². The average Bonchev–Trinajstić information content (AvgIpc) is 2.42.